The Hall–Kier alpha value is 0.465. The van der Waals surface area contributed by atoms with E-state index in [2.05, 4.69) is 43.6 Å². The van der Waals surface area contributed by atoms with Gasteiger partial charge in [0.1, 0.15) is 0 Å². The zero-order chi connectivity index (χ0) is 13.4. The van der Waals surface area contributed by atoms with Crippen LogP contribution in [0.4, 0.5) is 0 Å². The lowest BCUT2D eigenvalue weighted by molar-refractivity contribution is 0.00578. The molecule has 2 nitrogen and oxygen atoms in total. The predicted molar refractivity (Wildman–Crippen MR) is 80.0 cm³/mol. The zero-order valence-electron chi connectivity index (χ0n) is 12.2. The fourth-order valence-electron chi connectivity index (χ4n) is 2.89. The van der Waals surface area contributed by atoms with Crippen LogP contribution in [0.1, 0.15) is 66.2 Å². The molecule has 1 aliphatic carbocycles. The first-order chi connectivity index (χ1) is 8.32. The summed E-state index contributed by atoms with van der Waals surface area (Å²) < 4.78 is 12.5. The lowest BCUT2D eigenvalue weighted by Gasteiger charge is -2.32. The Balaban J connectivity index is 1.88. The number of rotatable bonds is 3. The SMILES string of the molecule is CC1(C)OB(C(Br)CC2CCCCC2)OC1(C)C. The van der Waals surface area contributed by atoms with E-state index in [1.165, 1.54) is 38.5 Å². The van der Waals surface area contributed by atoms with Crippen molar-refractivity contribution in [3.63, 3.8) is 0 Å². The van der Waals surface area contributed by atoms with Crippen LogP contribution >= 0.6 is 15.9 Å². The van der Waals surface area contributed by atoms with Crippen molar-refractivity contribution in [1.29, 1.82) is 0 Å². The predicted octanol–water partition coefficient (Wildman–Crippen LogP) is 4.35. The van der Waals surface area contributed by atoms with Crippen LogP contribution in [0.25, 0.3) is 0 Å². The van der Waals surface area contributed by atoms with Gasteiger partial charge in [0.2, 0.25) is 0 Å². The Kier molecular flexibility index (Phi) is 4.50. The van der Waals surface area contributed by atoms with Crippen LogP contribution in [-0.2, 0) is 9.31 Å². The average Bonchev–Trinajstić information content (AvgIpc) is 2.50. The van der Waals surface area contributed by atoms with Crippen LogP contribution in [-0.4, -0.2) is 23.0 Å². The summed E-state index contributed by atoms with van der Waals surface area (Å²) in [6, 6.07) is 0. The van der Waals surface area contributed by atoms with Gasteiger partial charge < -0.3 is 9.31 Å². The van der Waals surface area contributed by atoms with E-state index >= 15 is 0 Å². The van der Waals surface area contributed by atoms with Crippen LogP contribution < -0.4 is 0 Å². The van der Waals surface area contributed by atoms with Crippen molar-refractivity contribution in [3.05, 3.63) is 0 Å². The second-order valence-electron chi connectivity index (χ2n) is 6.88. The first-order valence-corrected chi connectivity index (χ1v) is 8.23. The van der Waals surface area contributed by atoms with Crippen molar-refractivity contribution < 1.29 is 9.31 Å². The van der Waals surface area contributed by atoms with Gasteiger partial charge in [-0.25, -0.2) is 0 Å². The molecule has 0 aromatic carbocycles. The molecule has 0 aromatic heterocycles. The zero-order valence-corrected chi connectivity index (χ0v) is 13.8. The molecule has 1 unspecified atom stereocenters. The number of hydrogen-bond donors (Lipinski definition) is 0. The molecule has 2 fully saturated rings. The van der Waals surface area contributed by atoms with Gasteiger partial charge in [0.05, 0.1) is 15.9 Å². The molecular weight excluding hydrogens is 291 g/mol. The Morgan fingerprint density at radius 2 is 1.56 bits per heavy atom. The molecular formula is C14H26BBrO2. The summed E-state index contributed by atoms with van der Waals surface area (Å²) in [7, 11) is -0.100. The third kappa shape index (κ3) is 3.13. The quantitative estimate of drug-likeness (QED) is 0.569. The van der Waals surface area contributed by atoms with Gasteiger partial charge in [0.25, 0.3) is 0 Å². The second-order valence-corrected chi connectivity index (χ2v) is 8.06. The molecule has 0 amide bonds. The highest BCUT2D eigenvalue weighted by molar-refractivity contribution is 9.10. The van der Waals surface area contributed by atoms with Crippen LogP contribution in [0.3, 0.4) is 0 Å². The lowest BCUT2D eigenvalue weighted by atomic mass is 9.76. The first kappa shape index (κ1) is 14.9. The molecule has 1 saturated carbocycles. The molecule has 2 rings (SSSR count). The van der Waals surface area contributed by atoms with E-state index in [1.807, 2.05) is 0 Å². The maximum absolute atomic E-state index is 6.10. The van der Waals surface area contributed by atoms with E-state index in [9.17, 15) is 0 Å². The molecule has 0 N–H and O–H groups in total. The lowest BCUT2D eigenvalue weighted by Crippen LogP contribution is -2.41. The highest BCUT2D eigenvalue weighted by Gasteiger charge is 2.53. The summed E-state index contributed by atoms with van der Waals surface area (Å²) in [6.07, 6.45) is 8.14. The fraction of sp³-hybridized carbons (Fsp3) is 1.00. The summed E-state index contributed by atoms with van der Waals surface area (Å²) in [5.74, 6) is 0.849. The van der Waals surface area contributed by atoms with Crippen molar-refractivity contribution >= 4 is 23.0 Å². The summed E-state index contributed by atoms with van der Waals surface area (Å²) in [5.41, 5.74) is -0.424. The monoisotopic (exact) mass is 316 g/mol. The molecule has 1 aliphatic heterocycles. The van der Waals surface area contributed by atoms with Crippen molar-refractivity contribution in [2.75, 3.05) is 0 Å². The molecule has 0 spiro atoms. The van der Waals surface area contributed by atoms with Gasteiger partial charge in [-0.05, 0) is 40.0 Å². The van der Waals surface area contributed by atoms with E-state index < -0.39 is 0 Å². The van der Waals surface area contributed by atoms with Crippen LogP contribution in [0, 0.1) is 5.92 Å². The maximum Gasteiger partial charge on any atom is 0.472 e. The Morgan fingerprint density at radius 1 is 1.06 bits per heavy atom. The van der Waals surface area contributed by atoms with Crippen LogP contribution in [0.5, 0.6) is 0 Å². The Labute approximate surface area is 120 Å². The molecule has 0 radical (unpaired) electrons. The third-order valence-electron chi connectivity index (χ3n) is 4.85. The minimum atomic E-state index is -0.212. The smallest absolute Gasteiger partial charge is 0.403 e. The van der Waals surface area contributed by atoms with Gasteiger partial charge in [-0.2, -0.15) is 0 Å². The van der Waals surface area contributed by atoms with Crippen molar-refractivity contribution in [2.45, 2.75) is 82.1 Å². The number of halogens is 1. The van der Waals surface area contributed by atoms with Crippen LogP contribution in [0.2, 0.25) is 0 Å². The molecule has 0 bridgehead atoms. The van der Waals surface area contributed by atoms with Gasteiger partial charge in [-0.15, -0.1) is 0 Å². The highest BCUT2D eigenvalue weighted by atomic mass is 79.9. The van der Waals surface area contributed by atoms with Gasteiger partial charge in [0.15, 0.2) is 0 Å². The molecule has 1 atom stereocenters. The Bertz CT molecular complexity index is 272. The summed E-state index contributed by atoms with van der Waals surface area (Å²) in [6.45, 7) is 8.47. The third-order valence-corrected chi connectivity index (χ3v) is 5.66. The molecule has 18 heavy (non-hydrogen) atoms. The van der Waals surface area contributed by atoms with E-state index in [0.717, 1.165) is 5.92 Å². The van der Waals surface area contributed by atoms with Crippen molar-refractivity contribution in [2.24, 2.45) is 5.92 Å². The minimum Gasteiger partial charge on any atom is -0.403 e. The summed E-state index contributed by atoms with van der Waals surface area (Å²) >= 11 is 3.79. The van der Waals surface area contributed by atoms with E-state index in [-0.39, 0.29) is 18.3 Å². The van der Waals surface area contributed by atoms with Gasteiger partial charge in [0, 0.05) is 0 Å². The Morgan fingerprint density at radius 3 is 2.06 bits per heavy atom. The summed E-state index contributed by atoms with van der Waals surface area (Å²) in [5, 5.41) is 0. The van der Waals surface area contributed by atoms with E-state index in [1.54, 1.807) is 0 Å². The van der Waals surface area contributed by atoms with Crippen molar-refractivity contribution in [1.82, 2.24) is 0 Å². The number of hydrogen-bond acceptors (Lipinski definition) is 2. The molecule has 104 valence electrons. The molecule has 2 aliphatic rings. The molecule has 1 heterocycles. The largest absolute Gasteiger partial charge is 0.472 e. The minimum absolute atomic E-state index is 0.100. The highest BCUT2D eigenvalue weighted by Crippen LogP contribution is 2.40. The topological polar surface area (TPSA) is 18.5 Å². The van der Waals surface area contributed by atoms with Gasteiger partial charge in [-0.3, -0.25) is 0 Å². The standard InChI is InChI=1S/C14H26BBrO2/c1-13(2)14(3,4)18-15(17-13)12(16)10-11-8-6-5-7-9-11/h11-12H,5-10H2,1-4H3. The van der Waals surface area contributed by atoms with Gasteiger partial charge in [-0.1, -0.05) is 48.0 Å². The summed E-state index contributed by atoms with van der Waals surface area (Å²) in [4.78, 5) is 0. The first-order valence-electron chi connectivity index (χ1n) is 7.31. The van der Waals surface area contributed by atoms with Crippen molar-refractivity contribution in [3.8, 4) is 0 Å². The van der Waals surface area contributed by atoms with Crippen LogP contribution in [0.15, 0.2) is 0 Å². The molecule has 4 heteroatoms. The average molecular weight is 317 g/mol. The van der Waals surface area contributed by atoms with E-state index in [0.29, 0.717) is 4.73 Å². The second kappa shape index (κ2) is 5.45. The van der Waals surface area contributed by atoms with Gasteiger partial charge >= 0.3 is 7.12 Å². The molecule has 0 aromatic rings. The number of alkyl halides is 1. The van der Waals surface area contributed by atoms with E-state index in [4.69, 9.17) is 9.31 Å². The molecule has 1 saturated heterocycles. The maximum atomic E-state index is 6.10. The fourth-order valence-corrected chi connectivity index (χ4v) is 3.63. The normalized spacial score (nSPS) is 29.5.